The number of carbonyl (C=O) groups excluding carboxylic acids is 1. The molecule has 0 saturated heterocycles. The first kappa shape index (κ1) is 14.1. The molecule has 6 heteroatoms. The largest absolute Gasteiger partial charge is 0.458 e. The van der Waals surface area contributed by atoms with Crippen molar-refractivity contribution in [3.63, 3.8) is 0 Å². The van der Waals surface area contributed by atoms with Gasteiger partial charge in [-0.1, -0.05) is 0 Å². The molecule has 5 nitrogen and oxygen atoms in total. The van der Waals surface area contributed by atoms with E-state index in [0.717, 1.165) is 5.01 Å². The third-order valence-electron chi connectivity index (χ3n) is 1.79. The van der Waals surface area contributed by atoms with Gasteiger partial charge in [0.05, 0.1) is 12.2 Å². The van der Waals surface area contributed by atoms with Crippen LogP contribution in [0.5, 0.6) is 0 Å². The van der Waals surface area contributed by atoms with E-state index in [9.17, 15) is 4.79 Å². The van der Waals surface area contributed by atoms with E-state index in [2.05, 4.69) is 4.98 Å². The summed E-state index contributed by atoms with van der Waals surface area (Å²) in [5.74, 6) is -0.432. The number of hydrogen-bond acceptors (Lipinski definition) is 6. The van der Waals surface area contributed by atoms with Crippen LogP contribution in [-0.4, -0.2) is 29.8 Å². The van der Waals surface area contributed by atoms with Crippen LogP contribution in [0.3, 0.4) is 0 Å². The number of esters is 1. The van der Waals surface area contributed by atoms with Crippen molar-refractivity contribution in [2.45, 2.75) is 32.9 Å². The predicted molar refractivity (Wildman–Crippen MR) is 66.0 cm³/mol. The maximum Gasteiger partial charge on any atom is 0.357 e. The summed E-state index contributed by atoms with van der Waals surface area (Å²) in [6.07, 6.45) is 0. The van der Waals surface area contributed by atoms with Crippen LogP contribution in [0.15, 0.2) is 5.38 Å². The Morgan fingerprint density at radius 2 is 2.18 bits per heavy atom. The molecule has 0 bridgehead atoms. The maximum atomic E-state index is 11.5. The third kappa shape index (κ3) is 5.25. The van der Waals surface area contributed by atoms with E-state index < -0.39 is 5.97 Å². The van der Waals surface area contributed by atoms with Crippen molar-refractivity contribution < 1.29 is 14.3 Å². The molecule has 0 spiro atoms. The first-order chi connectivity index (χ1) is 7.92. The van der Waals surface area contributed by atoms with E-state index in [1.54, 1.807) is 5.38 Å². The average molecular weight is 258 g/mol. The highest BCUT2D eigenvalue weighted by molar-refractivity contribution is 7.09. The molecule has 96 valence electrons. The Hall–Kier alpha value is -0.980. The van der Waals surface area contributed by atoms with Crippen LogP contribution in [0.4, 0.5) is 0 Å². The fraction of sp³-hybridized carbons (Fsp3) is 0.636. The molecule has 17 heavy (non-hydrogen) atoms. The minimum atomic E-state index is -0.432. The normalized spacial score (nSPS) is 11.5. The quantitative estimate of drug-likeness (QED) is 0.641. The second kappa shape index (κ2) is 6.09. The minimum absolute atomic E-state index is 0.222. The number of hydrogen-bond donors (Lipinski definition) is 1. The number of ether oxygens (including phenoxy) is 2. The SMILES string of the molecule is CC(C)(C)OCCOC(=O)c1csc(CN)n1. The monoisotopic (exact) mass is 258 g/mol. The van der Waals surface area contributed by atoms with Gasteiger partial charge in [0.1, 0.15) is 11.6 Å². The van der Waals surface area contributed by atoms with Crippen LogP contribution in [-0.2, 0) is 16.0 Å². The Morgan fingerprint density at radius 1 is 1.47 bits per heavy atom. The molecule has 1 aromatic heterocycles. The lowest BCUT2D eigenvalue weighted by Crippen LogP contribution is -2.22. The molecule has 0 aromatic carbocycles. The summed E-state index contributed by atoms with van der Waals surface area (Å²) in [7, 11) is 0. The van der Waals surface area contributed by atoms with Gasteiger partial charge in [-0.3, -0.25) is 0 Å². The van der Waals surface area contributed by atoms with Gasteiger partial charge < -0.3 is 15.2 Å². The van der Waals surface area contributed by atoms with Crippen molar-refractivity contribution >= 4 is 17.3 Å². The van der Waals surface area contributed by atoms with Crippen LogP contribution >= 0.6 is 11.3 Å². The van der Waals surface area contributed by atoms with Crippen LogP contribution in [0.2, 0.25) is 0 Å². The first-order valence-electron chi connectivity index (χ1n) is 5.38. The van der Waals surface area contributed by atoms with Gasteiger partial charge in [-0.25, -0.2) is 9.78 Å². The maximum absolute atomic E-state index is 11.5. The summed E-state index contributed by atoms with van der Waals surface area (Å²) < 4.78 is 10.4. The lowest BCUT2D eigenvalue weighted by atomic mass is 10.2. The number of nitrogens with two attached hydrogens (primary N) is 1. The Morgan fingerprint density at radius 3 is 2.71 bits per heavy atom. The summed E-state index contributed by atoms with van der Waals surface area (Å²) in [5.41, 5.74) is 5.50. The van der Waals surface area contributed by atoms with Crippen LogP contribution in [0.25, 0.3) is 0 Å². The minimum Gasteiger partial charge on any atom is -0.458 e. The highest BCUT2D eigenvalue weighted by Crippen LogP contribution is 2.10. The van der Waals surface area contributed by atoms with Gasteiger partial charge in [-0.15, -0.1) is 11.3 Å². The van der Waals surface area contributed by atoms with Crippen LogP contribution in [0.1, 0.15) is 36.3 Å². The topological polar surface area (TPSA) is 74.4 Å². The fourth-order valence-electron chi connectivity index (χ4n) is 1.05. The van der Waals surface area contributed by atoms with Gasteiger partial charge in [0.2, 0.25) is 0 Å². The Balaban J connectivity index is 2.30. The van der Waals surface area contributed by atoms with Crippen LogP contribution < -0.4 is 5.73 Å². The van der Waals surface area contributed by atoms with E-state index in [-0.39, 0.29) is 12.2 Å². The molecule has 1 aromatic rings. The predicted octanol–water partition coefficient (Wildman–Crippen LogP) is 1.57. The third-order valence-corrected chi connectivity index (χ3v) is 2.66. The molecule has 0 radical (unpaired) electrons. The second-order valence-electron chi connectivity index (χ2n) is 4.43. The van der Waals surface area contributed by atoms with Crippen molar-refractivity contribution in [2.75, 3.05) is 13.2 Å². The van der Waals surface area contributed by atoms with E-state index >= 15 is 0 Å². The van der Waals surface area contributed by atoms with E-state index in [4.69, 9.17) is 15.2 Å². The summed E-state index contributed by atoms with van der Waals surface area (Å²) in [5, 5.41) is 2.37. The molecule has 2 N–H and O–H groups in total. The number of nitrogens with zero attached hydrogens (tertiary/aromatic N) is 1. The van der Waals surface area contributed by atoms with Crippen molar-refractivity contribution in [1.82, 2.24) is 4.98 Å². The van der Waals surface area contributed by atoms with Crippen molar-refractivity contribution in [2.24, 2.45) is 5.73 Å². The molecule has 0 aliphatic carbocycles. The first-order valence-corrected chi connectivity index (χ1v) is 6.26. The van der Waals surface area contributed by atoms with Crippen molar-refractivity contribution in [1.29, 1.82) is 0 Å². The molecular weight excluding hydrogens is 240 g/mol. The summed E-state index contributed by atoms with van der Waals surface area (Å²) in [4.78, 5) is 15.6. The number of aromatic nitrogens is 1. The molecule has 0 amide bonds. The van der Waals surface area contributed by atoms with Gasteiger partial charge in [0.25, 0.3) is 0 Å². The molecule has 1 heterocycles. The lowest BCUT2D eigenvalue weighted by molar-refractivity contribution is -0.0282. The highest BCUT2D eigenvalue weighted by Gasteiger charge is 2.13. The molecule has 0 unspecified atom stereocenters. The Kier molecular flexibility index (Phi) is 5.04. The fourth-order valence-corrected chi connectivity index (χ4v) is 1.70. The molecule has 0 atom stereocenters. The molecule has 0 aliphatic heterocycles. The van der Waals surface area contributed by atoms with E-state index in [0.29, 0.717) is 18.8 Å². The van der Waals surface area contributed by atoms with Crippen molar-refractivity contribution in [3.05, 3.63) is 16.1 Å². The summed E-state index contributed by atoms with van der Waals surface area (Å²) in [6, 6.07) is 0. The second-order valence-corrected chi connectivity index (χ2v) is 5.37. The van der Waals surface area contributed by atoms with E-state index in [1.807, 2.05) is 20.8 Å². The summed E-state index contributed by atoms with van der Waals surface area (Å²) >= 11 is 1.35. The van der Waals surface area contributed by atoms with Gasteiger partial charge in [-0.2, -0.15) is 0 Å². The zero-order valence-electron chi connectivity index (χ0n) is 10.4. The van der Waals surface area contributed by atoms with Gasteiger partial charge >= 0.3 is 5.97 Å². The number of carbonyl (C=O) groups is 1. The van der Waals surface area contributed by atoms with E-state index in [1.165, 1.54) is 11.3 Å². The van der Waals surface area contributed by atoms with Crippen molar-refractivity contribution in [3.8, 4) is 0 Å². The molecule has 0 fully saturated rings. The van der Waals surface area contributed by atoms with Crippen LogP contribution in [0, 0.1) is 0 Å². The smallest absolute Gasteiger partial charge is 0.357 e. The number of rotatable bonds is 5. The molecule has 0 saturated carbocycles. The zero-order valence-corrected chi connectivity index (χ0v) is 11.2. The average Bonchev–Trinajstić information content (AvgIpc) is 2.71. The zero-order chi connectivity index (χ0) is 12.9. The highest BCUT2D eigenvalue weighted by atomic mass is 32.1. The molecule has 1 rings (SSSR count). The van der Waals surface area contributed by atoms with Gasteiger partial charge in [0, 0.05) is 11.9 Å². The Bertz CT molecular complexity index is 371. The lowest BCUT2D eigenvalue weighted by Gasteiger charge is -2.19. The Labute approximate surface area is 105 Å². The molecular formula is C11H18N2O3S. The van der Waals surface area contributed by atoms with Gasteiger partial charge in [0.15, 0.2) is 5.69 Å². The van der Waals surface area contributed by atoms with Gasteiger partial charge in [-0.05, 0) is 20.8 Å². The number of thiazole rings is 1. The standard InChI is InChI=1S/C11H18N2O3S/c1-11(2,3)16-5-4-15-10(14)8-7-17-9(6-12)13-8/h7H,4-6,12H2,1-3H3. The molecule has 0 aliphatic rings. The summed E-state index contributed by atoms with van der Waals surface area (Å²) in [6.45, 7) is 6.79.